The molecule has 8 heteroatoms. The van der Waals surface area contributed by atoms with Crippen molar-refractivity contribution in [3.05, 3.63) is 103 Å². The lowest BCUT2D eigenvalue weighted by molar-refractivity contribution is -0.384. The summed E-state index contributed by atoms with van der Waals surface area (Å²) in [5.41, 5.74) is 2.07. The van der Waals surface area contributed by atoms with E-state index in [1.807, 2.05) is 13.8 Å². The molecule has 0 bridgehead atoms. The Hall–Kier alpha value is -3.97. The maximum Gasteiger partial charge on any atom is 0.343 e. The molecule has 0 atom stereocenters. The van der Waals surface area contributed by atoms with Gasteiger partial charge in [0.1, 0.15) is 5.58 Å². The summed E-state index contributed by atoms with van der Waals surface area (Å²) in [6, 6.07) is 14.9. The molecule has 1 heterocycles. The molecule has 0 aliphatic carbocycles. The van der Waals surface area contributed by atoms with Crippen molar-refractivity contribution in [2.45, 2.75) is 13.8 Å². The molecule has 0 saturated carbocycles. The number of benzene rings is 3. The molecule has 0 unspecified atom stereocenters. The number of carbonyl (C=O) groups is 1. The molecule has 32 heavy (non-hydrogen) atoms. The van der Waals surface area contributed by atoms with Crippen molar-refractivity contribution in [3.63, 3.8) is 0 Å². The zero-order chi connectivity index (χ0) is 23.0. The summed E-state index contributed by atoms with van der Waals surface area (Å²) in [6.45, 7) is 3.77. The van der Waals surface area contributed by atoms with Crippen molar-refractivity contribution in [2.24, 2.45) is 0 Å². The number of nitro benzene ring substituents is 1. The van der Waals surface area contributed by atoms with Crippen molar-refractivity contribution in [1.29, 1.82) is 0 Å². The summed E-state index contributed by atoms with van der Waals surface area (Å²) in [5, 5.41) is 11.6. The van der Waals surface area contributed by atoms with Crippen LogP contribution in [-0.4, -0.2) is 10.9 Å². The Bertz CT molecular complexity index is 1420. The van der Waals surface area contributed by atoms with Crippen LogP contribution in [0.25, 0.3) is 22.3 Å². The van der Waals surface area contributed by atoms with Crippen molar-refractivity contribution < 1.29 is 18.9 Å². The minimum absolute atomic E-state index is 0.0530. The van der Waals surface area contributed by atoms with E-state index in [9.17, 15) is 19.7 Å². The Morgan fingerprint density at radius 3 is 2.25 bits per heavy atom. The van der Waals surface area contributed by atoms with Gasteiger partial charge in [-0.1, -0.05) is 11.6 Å². The summed E-state index contributed by atoms with van der Waals surface area (Å²) in [7, 11) is 0. The van der Waals surface area contributed by atoms with E-state index in [0.717, 1.165) is 11.1 Å². The average Bonchev–Trinajstić information content (AvgIpc) is 2.77. The number of hydrogen-bond donors (Lipinski definition) is 0. The summed E-state index contributed by atoms with van der Waals surface area (Å²) in [6.07, 6.45) is 0. The lowest BCUT2D eigenvalue weighted by atomic mass is 10.0. The number of halogens is 1. The summed E-state index contributed by atoms with van der Waals surface area (Å²) in [4.78, 5) is 36.3. The highest BCUT2D eigenvalue weighted by Crippen LogP contribution is 2.33. The Balaban J connectivity index is 1.86. The molecule has 0 N–H and O–H groups in total. The third-order valence-corrected chi connectivity index (χ3v) is 5.33. The molecule has 1 aromatic heterocycles. The molecular formula is C24H16ClNO6. The van der Waals surface area contributed by atoms with Gasteiger partial charge in [0.15, 0.2) is 5.76 Å². The van der Waals surface area contributed by atoms with E-state index in [1.165, 1.54) is 24.3 Å². The van der Waals surface area contributed by atoms with Crippen LogP contribution in [0.1, 0.15) is 21.5 Å². The second-order valence-electron chi connectivity index (χ2n) is 7.22. The molecule has 0 aliphatic rings. The minimum Gasteiger partial charge on any atom is -0.452 e. The predicted octanol–water partition coefficient (Wildman–Crippen LogP) is 5.86. The van der Waals surface area contributed by atoms with Gasteiger partial charge in [-0.3, -0.25) is 14.9 Å². The van der Waals surface area contributed by atoms with Gasteiger partial charge in [0.05, 0.1) is 15.9 Å². The highest BCUT2D eigenvalue weighted by Gasteiger charge is 2.22. The number of non-ortho nitro benzene ring substituents is 1. The molecule has 4 rings (SSSR count). The van der Waals surface area contributed by atoms with Crippen LogP contribution in [-0.2, 0) is 0 Å². The Kier molecular flexibility index (Phi) is 5.50. The van der Waals surface area contributed by atoms with Crippen LogP contribution in [0.4, 0.5) is 5.69 Å². The highest BCUT2D eigenvalue weighted by atomic mass is 35.5. The van der Waals surface area contributed by atoms with Crippen LogP contribution in [0.5, 0.6) is 5.75 Å². The SMILES string of the molecule is Cc1cc2oc(-c3ccc(Cl)cc3)c(OC(=O)c3ccc([N+](=O)[O-])cc3)c(=O)c2cc1C. The zero-order valence-electron chi connectivity index (χ0n) is 17.0. The van der Waals surface area contributed by atoms with Gasteiger partial charge < -0.3 is 9.15 Å². The van der Waals surface area contributed by atoms with Crippen LogP contribution < -0.4 is 10.2 Å². The third-order valence-electron chi connectivity index (χ3n) is 5.08. The topological polar surface area (TPSA) is 99.7 Å². The lowest BCUT2D eigenvalue weighted by Crippen LogP contribution is -2.16. The Morgan fingerprint density at radius 2 is 1.62 bits per heavy atom. The third kappa shape index (κ3) is 3.98. The van der Waals surface area contributed by atoms with Gasteiger partial charge in [0, 0.05) is 22.7 Å². The summed E-state index contributed by atoms with van der Waals surface area (Å²) >= 11 is 5.98. The standard InChI is InChI=1S/C24H16ClNO6/c1-13-11-19-20(12-14(13)2)31-22(15-3-7-17(25)8-4-15)23(21(19)27)32-24(28)16-5-9-18(10-6-16)26(29)30/h3-12H,1-2H3. The maximum absolute atomic E-state index is 13.3. The first-order chi connectivity index (χ1) is 15.2. The fourth-order valence-corrected chi connectivity index (χ4v) is 3.31. The van der Waals surface area contributed by atoms with E-state index in [-0.39, 0.29) is 28.1 Å². The molecule has 0 spiro atoms. The smallest absolute Gasteiger partial charge is 0.343 e. The molecule has 0 aliphatic heterocycles. The van der Waals surface area contributed by atoms with Crippen LogP contribution in [0.2, 0.25) is 5.02 Å². The number of nitro groups is 1. The normalized spacial score (nSPS) is 10.8. The molecule has 7 nitrogen and oxygen atoms in total. The van der Waals surface area contributed by atoms with E-state index in [2.05, 4.69) is 0 Å². The second kappa shape index (κ2) is 8.28. The van der Waals surface area contributed by atoms with Gasteiger partial charge in [0.25, 0.3) is 5.69 Å². The monoisotopic (exact) mass is 449 g/mol. The number of ether oxygens (including phenoxy) is 1. The molecule has 0 radical (unpaired) electrons. The first-order valence-electron chi connectivity index (χ1n) is 9.55. The van der Waals surface area contributed by atoms with Gasteiger partial charge in [-0.25, -0.2) is 4.79 Å². The van der Waals surface area contributed by atoms with Crippen LogP contribution in [0.15, 0.2) is 69.9 Å². The van der Waals surface area contributed by atoms with E-state index in [4.69, 9.17) is 20.8 Å². The first kappa shape index (κ1) is 21.3. The quantitative estimate of drug-likeness (QED) is 0.220. The van der Waals surface area contributed by atoms with Gasteiger partial charge in [-0.05, 0) is 73.5 Å². The minimum atomic E-state index is -0.842. The second-order valence-corrected chi connectivity index (χ2v) is 7.66. The van der Waals surface area contributed by atoms with Gasteiger partial charge >= 0.3 is 5.97 Å². The number of nitrogens with zero attached hydrogens (tertiary/aromatic N) is 1. The maximum atomic E-state index is 13.3. The van der Waals surface area contributed by atoms with Crippen molar-refractivity contribution >= 4 is 34.2 Å². The van der Waals surface area contributed by atoms with E-state index < -0.39 is 16.3 Å². The number of aryl methyl sites for hydroxylation is 2. The molecule has 4 aromatic rings. The van der Waals surface area contributed by atoms with E-state index in [0.29, 0.717) is 16.2 Å². The molecule has 0 fully saturated rings. The van der Waals surface area contributed by atoms with Crippen LogP contribution in [0.3, 0.4) is 0 Å². The number of carbonyl (C=O) groups excluding carboxylic acids is 1. The van der Waals surface area contributed by atoms with Gasteiger partial charge in [-0.15, -0.1) is 0 Å². The number of esters is 1. The van der Waals surface area contributed by atoms with E-state index in [1.54, 1.807) is 36.4 Å². The number of hydrogen-bond acceptors (Lipinski definition) is 6. The first-order valence-corrected chi connectivity index (χ1v) is 9.93. The highest BCUT2D eigenvalue weighted by molar-refractivity contribution is 6.30. The summed E-state index contributed by atoms with van der Waals surface area (Å²) < 4.78 is 11.5. The summed E-state index contributed by atoms with van der Waals surface area (Å²) in [5.74, 6) is -1.03. The van der Waals surface area contributed by atoms with Crippen LogP contribution >= 0.6 is 11.6 Å². The lowest BCUT2D eigenvalue weighted by Gasteiger charge is -2.12. The zero-order valence-corrected chi connectivity index (χ0v) is 17.8. The van der Waals surface area contributed by atoms with Crippen molar-refractivity contribution in [2.75, 3.05) is 0 Å². The van der Waals surface area contributed by atoms with Gasteiger partial charge in [0.2, 0.25) is 11.2 Å². The molecule has 0 amide bonds. The van der Waals surface area contributed by atoms with Crippen molar-refractivity contribution in [1.82, 2.24) is 0 Å². The molecule has 0 saturated heterocycles. The van der Waals surface area contributed by atoms with E-state index >= 15 is 0 Å². The largest absolute Gasteiger partial charge is 0.452 e. The molecular weight excluding hydrogens is 434 g/mol. The van der Waals surface area contributed by atoms with Gasteiger partial charge in [-0.2, -0.15) is 0 Å². The number of rotatable bonds is 4. The predicted molar refractivity (Wildman–Crippen MR) is 120 cm³/mol. The molecule has 160 valence electrons. The Labute approximate surface area is 187 Å². The van der Waals surface area contributed by atoms with Crippen LogP contribution in [0, 0.1) is 24.0 Å². The molecule has 3 aromatic carbocycles. The average molecular weight is 450 g/mol. The Morgan fingerprint density at radius 1 is 1.00 bits per heavy atom. The number of fused-ring (bicyclic) bond motifs is 1. The van der Waals surface area contributed by atoms with Crippen molar-refractivity contribution in [3.8, 4) is 17.1 Å². The fraction of sp³-hybridized carbons (Fsp3) is 0.0833. The fourth-order valence-electron chi connectivity index (χ4n) is 3.19.